The average Bonchev–Trinajstić information content (AvgIpc) is 3.12. The SMILES string of the molecule is Cc1cc(Cl)ccc1C(=O)N[C@](C)(CO)C1CC1. The molecule has 0 heterocycles. The number of nitrogens with one attached hydrogen (secondary N) is 1. The Labute approximate surface area is 112 Å². The van der Waals surface area contributed by atoms with Crippen LogP contribution in [-0.4, -0.2) is 23.2 Å². The molecule has 0 radical (unpaired) electrons. The minimum absolute atomic E-state index is 0.0317. The van der Waals surface area contributed by atoms with Crippen LogP contribution in [0, 0.1) is 12.8 Å². The van der Waals surface area contributed by atoms with Crippen molar-refractivity contribution in [3.05, 3.63) is 34.3 Å². The molecule has 0 saturated heterocycles. The minimum Gasteiger partial charge on any atom is -0.394 e. The fraction of sp³-hybridized carbons (Fsp3) is 0.500. The van der Waals surface area contributed by atoms with Gasteiger partial charge in [0.25, 0.3) is 5.91 Å². The van der Waals surface area contributed by atoms with Crippen LogP contribution in [0.1, 0.15) is 35.7 Å². The number of aliphatic hydroxyl groups is 1. The summed E-state index contributed by atoms with van der Waals surface area (Å²) in [4.78, 5) is 12.2. The lowest BCUT2D eigenvalue weighted by Crippen LogP contribution is -2.50. The molecule has 1 fully saturated rings. The van der Waals surface area contributed by atoms with Crippen molar-refractivity contribution in [1.82, 2.24) is 5.32 Å². The quantitative estimate of drug-likeness (QED) is 0.881. The minimum atomic E-state index is -0.511. The van der Waals surface area contributed by atoms with Crippen LogP contribution in [0.15, 0.2) is 18.2 Å². The van der Waals surface area contributed by atoms with E-state index in [9.17, 15) is 9.90 Å². The van der Waals surface area contributed by atoms with E-state index in [4.69, 9.17) is 11.6 Å². The summed E-state index contributed by atoms with van der Waals surface area (Å²) in [6.07, 6.45) is 2.13. The first-order valence-electron chi connectivity index (χ1n) is 6.16. The van der Waals surface area contributed by atoms with Gasteiger partial charge in [-0.1, -0.05) is 11.6 Å². The lowest BCUT2D eigenvalue weighted by Gasteiger charge is -2.29. The summed E-state index contributed by atoms with van der Waals surface area (Å²) < 4.78 is 0. The Morgan fingerprint density at radius 1 is 1.56 bits per heavy atom. The Morgan fingerprint density at radius 3 is 2.72 bits per heavy atom. The third kappa shape index (κ3) is 2.68. The zero-order chi connectivity index (χ0) is 13.3. The number of benzene rings is 1. The highest BCUT2D eigenvalue weighted by atomic mass is 35.5. The van der Waals surface area contributed by atoms with Gasteiger partial charge in [0.1, 0.15) is 0 Å². The van der Waals surface area contributed by atoms with Crippen LogP contribution in [0.5, 0.6) is 0 Å². The molecular formula is C14H18ClNO2. The lowest BCUT2D eigenvalue weighted by molar-refractivity contribution is 0.0824. The van der Waals surface area contributed by atoms with Crippen LogP contribution in [-0.2, 0) is 0 Å². The van der Waals surface area contributed by atoms with Crippen LogP contribution in [0.2, 0.25) is 5.02 Å². The number of aryl methyl sites for hydroxylation is 1. The van der Waals surface area contributed by atoms with Crippen LogP contribution >= 0.6 is 11.6 Å². The maximum atomic E-state index is 12.2. The molecular weight excluding hydrogens is 250 g/mol. The van der Waals surface area contributed by atoms with Gasteiger partial charge in [-0.05, 0) is 56.4 Å². The van der Waals surface area contributed by atoms with Gasteiger partial charge in [0.05, 0.1) is 12.1 Å². The Balaban J connectivity index is 2.16. The van der Waals surface area contributed by atoms with Crippen LogP contribution in [0.3, 0.4) is 0 Å². The summed E-state index contributed by atoms with van der Waals surface area (Å²) >= 11 is 5.87. The van der Waals surface area contributed by atoms with Crippen molar-refractivity contribution in [1.29, 1.82) is 0 Å². The Bertz CT molecular complexity index is 471. The predicted octanol–water partition coefficient (Wildman–Crippen LogP) is 2.54. The normalized spacial score (nSPS) is 18.2. The second kappa shape index (κ2) is 4.90. The van der Waals surface area contributed by atoms with E-state index in [0.717, 1.165) is 18.4 Å². The van der Waals surface area contributed by atoms with E-state index in [-0.39, 0.29) is 12.5 Å². The van der Waals surface area contributed by atoms with Gasteiger partial charge >= 0.3 is 0 Å². The fourth-order valence-electron chi connectivity index (χ4n) is 2.20. The van der Waals surface area contributed by atoms with Gasteiger partial charge in [0.15, 0.2) is 0 Å². The molecule has 1 aliphatic rings. The molecule has 4 heteroatoms. The Kier molecular flexibility index (Phi) is 3.64. The number of hydrogen-bond acceptors (Lipinski definition) is 2. The second-order valence-electron chi connectivity index (χ2n) is 5.26. The molecule has 2 N–H and O–H groups in total. The molecule has 1 amide bonds. The molecule has 1 aliphatic carbocycles. The van der Waals surface area contributed by atoms with Crippen molar-refractivity contribution in [3.63, 3.8) is 0 Å². The number of rotatable bonds is 4. The molecule has 0 bridgehead atoms. The number of hydrogen-bond donors (Lipinski definition) is 2. The second-order valence-corrected chi connectivity index (χ2v) is 5.70. The van der Waals surface area contributed by atoms with Crippen molar-refractivity contribution < 1.29 is 9.90 Å². The summed E-state index contributed by atoms with van der Waals surface area (Å²) in [5.41, 5.74) is 0.944. The zero-order valence-corrected chi connectivity index (χ0v) is 11.4. The number of carbonyl (C=O) groups is 1. The van der Waals surface area contributed by atoms with Gasteiger partial charge < -0.3 is 10.4 Å². The van der Waals surface area contributed by atoms with E-state index in [0.29, 0.717) is 16.5 Å². The molecule has 1 aromatic carbocycles. The predicted molar refractivity (Wildman–Crippen MR) is 71.9 cm³/mol. The molecule has 0 aromatic heterocycles. The van der Waals surface area contributed by atoms with Crippen LogP contribution < -0.4 is 5.32 Å². The molecule has 1 saturated carbocycles. The smallest absolute Gasteiger partial charge is 0.252 e. The third-order valence-electron chi connectivity index (χ3n) is 3.64. The molecule has 3 nitrogen and oxygen atoms in total. The maximum absolute atomic E-state index is 12.2. The van der Waals surface area contributed by atoms with Gasteiger partial charge in [-0.15, -0.1) is 0 Å². The van der Waals surface area contributed by atoms with E-state index in [1.54, 1.807) is 18.2 Å². The summed E-state index contributed by atoms with van der Waals surface area (Å²) in [5, 5.41) is 13.0. The Morgan fingerprint density at radius 2 is 2.22 bits per heavy atom. The van der Waals surface area contributed by atoms with Gasteiger partial charge in [0.2, 0.25) is 0 Å². The van der Waals surface area contributed by atoms with Crippen molar-refractivity contribution in [3.8, 4) is 0 Å². The molecule has 2 rings (SSSR count). The molecule has 1 aromatic rings. The van der Waals surface area contributed by atoms with Gasteiger partial charge in [-0.25, -0.2) is 0 Å². The van der Waals surface area contributed by atoms with Gasteiger partial charge in [-0.3, -0.25) is 4.79 Å². The molecule has 0 aliphatic heterocycles. The van der Waals surface area contributed by atoms with Crippen molar-refractivity contribution in [2.75, 3.05) is 6.61 Å². The first-order chi connectivity index (χ1) is 8.46. The fourth-order valence-corrected chi connectivity index (χ4v) is 2.43. The van der Waals surface area contributed by atoms with E-state index < -0.39 is 5.54 Å². The van der Waals surface area contributed by atoms with E-state index in [2.05, 4.69) is 5.32 Å². The highest BCUT2D eigenvalue weighted by Gasteiger charge is 2.42. The Hall–Kier alpha value is -1.06. The average molecular weight is 268 g/mol. The van der Waals surface area contributed by atoms with Crippen LogP contribution in [0.25, 0.3) is 0 Å². The monoisotopic (exact) mass is 267 g/mol. The van der Waals surface area contributed by atoms with E-state index in [1.807, 2.05) is 13.8 Å². The standard InChI is InChI=1S/C14H18ClNO2/c1-9-7-11(15)5-6-12(9)13(18)16-14(2,8-17)10-3-4-10/h5-7,10,17H,3-4,8H2,1-2H3,(H,16,18)/t14-/m1/s1. The first-order valence-corrected chi connectivity index (χ1v) is 6.53. The molecule has 98 valence electrons. The summed E-state index contributed by atoms with van der Waals surface area (Å²) in [7, 11) is 0. The molecule has 0 spiro atoms. The molecule has 0 unspecified atom stereocenters. The van der Waals surface area contributed by atoms with Crippen LogP contribution in [0.4, 0.5) is 0 Å². The van der Waals surface area contributed by atoms with Crippen molar-refractivity contribution in [2.45, 2.75) is 32.2 Å². The summed E-state index contributed by atoms with van der Waals surface area (Å²) in [6.45, 7) is 3.72. The maximum Gasteiger partial charge on any atom is 0.252 e. The zero-order valence-electron chi connectivity index (χ0n) is 10.7. The van der Waals surface area contributed by atoms with E-state index >= 15 is 0 Å². The summed E-state index contributed by atoms with van der Waals surface area (Å²) in [6, 6.07) is 5.19. The molecule has 1 atom stereocenters. The largest absolute Gasteiger partial charge is 0.394 e. The number of halogens is 1. The first kappa shape index (κ1) is 13.4. The summed E-state index contributed by atoms with van der Waals surface area (Å²) in [5.74, 6) is 0.242. The number of carbonyl (C=O) groups excluding carboxylic acids is 1. The molecule has 18 heavy (non-hydrogen) atoms. The van der Waals surface area contributed by atoms with Crippen molar-refractivity contribution in [2.24, 2.45) is 5.92 Å². The number of amides is 1. The lowest BCUT2D eigenvalue weighted by atomic mass is 9.96. The van der Waals surface area contributed by atoms with E-state index in [1.165, 1.54) is 0 Å². The topological polar surface area (TPSA) is 49.3 Å². The highest BCUT2D eigenvalue weighted by molar-refractivity contribution is 6.30. The van der Waals surface area contributed by atoms with Gasteiger partial charge in [0, 0.05) is 10.6 Å². The van der Waals surface area contributed by atoms with Gasteiger partial charge in [-0.2, -0.15) is 0 Å². The highest BCUT2D eigenvalue weighted by Crippen LogP contribution is 2.39. The van der Waals surface area contributed by atoms with Crippen molar-refractivity contribution >= 4 is 17.5 Å². The third-order valence-corrected chi connectivity index (χ3v) is 3.87. The number of aliphatic hydroxyl groups excluding tert-OH is 1.